The molecule has 0 aliphatic rings. The zero-order valence-electron chi connectivity index (χ0n) is 15.1. The highest BCUT2D eigenvalue weighted by Crippen LogP contribution is 2.36. The van der Waals surface area contributed by atoms with Crippen molar-refractivity contribution in [2.45, 2.75) is 6.54 Å². The van der Waals surface area contributed by atoms with Crippen LogP contribution >= 0.6 is 11.3 Å². The van der Waals surface area contributed by atoms with Gasteiger partial charge in [-0.1, -0.05) is 30.3 Å². The Bertz CT molecular complexity index is 1080. The van der Waals surface area contributed by atoms with Gasteiger partial charge in [0, 0.05) is 29.7 Å². The smallest absolute Gasteiger partial charge is 0.151 e. The van der Waals surface area contributed by atoms with Crippen LogP contribution in [0.2, 0.25) is 0 Å². The van der Waals surface area contributed by atoms with Gasteiger partial charge < -0.3 is 20.8 Å². The van der Waals surface area contributed by atoms with Crippen molar-refractivity contribution in [1.29, 1.82) is 0 Å². The second-order valence-electron chi connectivity index (χ2n) is 6.32. The first-order valence-electron chi connectivity index (χ1n) is 8.94. The first-order chi connectivity index (χ1) is 13.7. The van der Waals surface area contributed by atoms with Crippen molar-refractivity contribution >= 4 is 33.1 Å². The van der Waals surface area contributed by atoms with Gasteiger partial charge in [0.2, 0.25) is 0 Å². The Morgan fingerprint density at radius 3 is 2.64 bits per heavy atom. The molecule has 0 fully saturated rings. The Balaban J connectivity index is 1.59. The standard InChI is InChI=1S/C21H20N4O2S/c26-9-8-22-12-14-4-6-15(7-5-14)19-11-18-20(28-19)21(24-13-23-18)25-16-2-1-3-17(27)10-16/h1-7,10-11,13,22,26-27H,8-9,12H2,(H,23,24,25). The summed E-state index contributed by atoms with van der Waals surface area (Å²) in [5.74, 6) is 0.924. The van der Waals surface area contributed by atoms with E-state index in [1.807, 2.05) is 6.07 Å². The Labute approximate surface area is 166 Å². The fourth-order valence-electron chi connectivity index (χ4n) is 2.90. The number of nitrogens with one attached hydrogen (secondary N) is 2. The number of rotatable bonds is 7. The molecule has 0 amide bonds. The minimum absolute atomic E-state index is 0.139. The van der Waals surface area contributed by atoms with Crippen molar-refractivity contribution in [2.24, 2.45) is 0 Å². The Kier molecular flexibility index (Phi) is 5.48. The van der Waals surface area contributed by atoms with Crippen LogP contribution in [0.3, 0.4) is 0 Å². The van der Waals surface area contributed by atoms with E-state index in [1.165, 1.54) is 5.56 Å². The van der Waals surface area contributed by atoms with Gasteiger partial charge in [0.15, 0.2) is 5.82 Å². The molecule has 0 saturated carbocycles. The molecule has 2 aromatic heterocycles. The van der Waals surface area contributed by atoms with Gasteiger partial charge in [-0.3, -0.25) is 0 Å². The number of aromatic nitrogens is 2. The lowest BCUT2D eigenvalue weighted by Gasteiger charge is -2.06. The summed E-state index contributed by atoms with van der Waals surface area (Å²) in [4.78, 5) is 9.88. The van der Waals surface area contributed by atoms with Gasteiger partial charge in [-0.2, -0.15) is 0 Å². The van der Waals surface area contributed by atoms with E-state index in [0.29, 0.717) is 6.54 Å². The molecule has 4 aromatic rings. The van der Waals surface area contributed by atoms with Crippen LogP contribution in [0, 0.1) is 0 Å². The van der Waals surface area contributed by atoms with Crippen molar-refractivity contribution in [2.75, 3.05) is 18.5 Å². The SMILES string of the molecule is OCCNCc1ccc(-c2cc3ncnc(Nc4cccc(O)c4)c3s2)cc1. The van der Waals surface area contributed by atoms with Gasteiger partial charge in [-0.25, -0.2) is 9.97 Å². The number of anilines is 2. The first-order valence-corrected chi connectivity index (χ1v) is 9.76. The molecule has 28 heavy (non-hydrogen) atoms. The van der Waals surface area contributed by atoms with Gasteiger partial charge in [0.25, 0.3) is 0 Å². The van der Waals surface area contributed by atoms with E-state index in [0.717, 1.165) is 38.7 Å². The van der Waals surface area contributed by atoms with Gasteiger partial charge in [0.1, 0.15) is 12.1 Å². The number of phenols is 1. The van der Waals surface area contributed by atoms with E-state index >= 15 is 0 Å². The number of nitrogens with zero attached hydrogens (tertiary/aromatic N) is 2. The summed E-state index contributed by atoms with van der Waals surface area (Å²) in [6.07, 6.45) is 1.54. The Morgan fingerprint density at radius 1 is 1.00 bits per heavy atom. The third kappa shape index (κ3) is 4.12. The fraction of sp³-hybridized carbons (Fsp3) is 0.143. The summed E-state index contributed by atoms with van der Waals surface area (Å²) >= 11 is 1.63. The molecule has 2 heterocycles. The average Bonchev–Trinajstić information content (AvgIpc) is 3.14. The molecule has 0 bridgehead atoms. The summed E-state index contributed by atoms with van der Waals surface area (Å²) in [5.41, 5.74) is 3.95. The molecule has 0 radical (unpaired) electrons. The average molecular weight is 392 g/mol. The number of fused-ring (bicyclic) bond motifs is 1. The van der Waals surface area contributed by atoms with Crippen LogP contribution in [0.1, 0.15) is 5.56 Å². The van der Waals surface area contributed by atoms with Crippen LogP contribution < -0.4 is 10.6 Å². The second-order valence-corrected chi connectivity index (χ2v) is 7.37. The quantitative estimate of drug-likeness (QED) is 0.357. The lowest BCUT2D eigenvalue weighted by atomic mass is 10.1. The monoisotopic (exact) mass is 392 g/mol. The normalized spacial score (nSPS) is 11.0. The summed E-state index contributed by atoms with van der Waals surface area (Å²) < 4.78 is 0.967. The third-order valence-corrected chi connectivity index (χ3v) is 5.46. The van der Waals surface area contributed by atoms with Crippen molar-refractivity contribution in [1.82, 2.24) is 15.3 Å². The maximum absolute atomic E-state index is 9.66. The maximum Gasteiger partial charge on any atom is 0.151 e. The van der Waals surface area contributed by atoms with Crippen molar-refractivity contribution in [3.63, 3.8) is 0 Å². The molecule has 4 rings (SSSR count). The predicted molar refractivity (Wildman–Crippen MR) is 113 cm³/mol. The first kappa shape index (κ1) is 18.4. The van der Waals surface area contributed by atoms with Gasteiger partial charge in [0.05, 0.1) is 16.8 Å². The number of aromatic hydroxyl groups is 1. The van der Waals surface area contributed by atoms with E-state index in [2.05, 4.69) is 50.9 Å². The third-order valence-electron chi connectivity index (χ3n) is 4.28. The number of aliphatic hydroxyl groups excluding tert-OH is 1. The maximum atomic E-state index is 9.66. The highest BCUT2D eigenvalue weighted by Gasteiger charge is 2.11. The zero-order valence-corrected chi connectivity index (χ0v) is 15.9. The van der Waals surface area contributed by atoms with E-state index in [1.54, 1.807) is 35.9 Å². The minimum atomic E-state index is 0.139. The molecule has 6 nitrogen and oxygen atoms in total. The number of phenolic OH excluding ortho intramolecular Hbond substituents is 1. The molecule has 0 aliphatic heterocycles. The van der Waals surface area contributed by atoms with E-state index in [-0.39, 0.29) is 12.4 Å². The van der Waals surface area contributed by atoms with Crippen LogP contribution in [-0.4, -0.2) is 33.3 Å². The molecule has 2 aromatic carbocycles. The topological polar surface area (TPSA) is 90.3 Å². The summed E-state index contributed by atoms with van der Waals surface area (Å²) in [7, 11) is 0. The fourth-order valence-corrected chi connectivity index (χ4v) is 3.97. The van der Waals surface area contributed by atoms with E-state index in [9.17, 15) is 5.11 Å². The highest BCUT2D eigenvalue weighted by molar-refractivity contribution is 7.22. The summed E-state index contributed by atoms with van der Waals surface area (Å²) in [5, 5.41) is 24.9. The van der Waals surface area contributed by atoms with Crippen LogP contribution in [0.5, 0.6) is 5.75 Å². The predicted octanol–water partition coefficient (Wildman–Crippen LogP) is 3.89. The van der Waals surface area contributed by atoms with E-state index < -0.39 is 0 Å². The number of benzene rings is 2. The molecular weight excluding hydrogens is 372 g/mol. The number of aliphatic hydroxyl groups is 1. The Morgan fingerprint density at radius 2 is 1.86 bits per heavy atom. The molecule has 142 valence electrons. The van der Waals surface area contributed by atoms with Crippen LogP contribution in [-0.2, 0) is 6.54 Å². The van der Waals surface area contributed by atoms with Gasteiger partial charge in [-0.05, 0) is 29.3 Å². The molecular formula is C21H20N4O2S. The highest BCUT2D eigenvalue weighted by atomic mass is 32.1. The van der Waals surface area contributed by atoms with Gasteiger partial charge in [-0.15, -0.1) is 11.3 Å². The molecule has 0 saturated heterocycles. The number of hydrogen-bond donors (Lipinski definition) is 4. The van der Waals surface area contributed by atoms with Crippen molar-refractivity contribution in [3.8, 4) is 16.2 Å². The second kappa shape index (κ2) is 8.35. The minimum Gasteiger partial charge on any atom is -0.508 e. The van der Waals surface area contributed by atoms with Crippen molar-refractivity contribution < 1.29 is 10.2 Å². The van der Waals surface area contributed by atoms with Crippen LogP contribution in [0.4, 0.5) is 11.5 Å². The molecule has 4 N–H and O–H groups in total. The van der Waals surface area contributed by atoms with Gasteiger partial charge >= 0.3 is 0 Å². The molecule has 7 heteroatoms. The molecule has 0 unspecified atom stereocenters. The molecule has 0 aliphatic carbocycles. The number of hydrogen-bond acceptors (Lipinski definition) is 7. The lowest BCUT2D eigenvalue weighted by Crippen LogP contribution is -2.17. The molecule has 0 atom stereocenters. The van der Waals surface area contributed by atoms with Crippen molar-refractivity contribution in [3.05, 3.63) is 66.5 Å². The molecule has 0 spiro atoms. The largest absolute Gasteiger partial charge is 0.508 e. The zero-order chi connectivity index (χ0) is 19.3. The van der Waals surface area contributed by atoms with E-state index in [4.69, 9.17) is 5.11 Å². The Hall–Kier alpha value is -3.00. The van der Waals surface area contributed by atoms with Crippen LogP contribution in [0.15, 0.2) is 60.9 Å². The number of thiophene rings is 1. The van der Waals surface area contributed by atoms with Crippen LogP contribution in [0.25, 0.3) is 20.7 Å². The summed E-state index contributed by atoms with van der Waals surface area (Å²) in [6.45, 7) is 1.46. The lowest BCUT2D eigenvalue weighted by molar-refractivity contribution is 0.292. The summed E-state index contributed by atoms with van der Waals surface area (Å²) in [6, 6.07) is 17.4.